The Kier molecular flexibility index (Phi) is 2.84. The first-order valence-electron chi connectivity index (χ1n) is 4.65. The predicted octanol–water partition coefficient (Wildman–Crippen LogP) is 3.35. The van der Waals surface area contributed by atoms with Crippen molar-refractivity contribution in [1.82, 2.24) is 0 Å². The lowest BCUT2D eigenvalue weighted by Gasteiger charge is -2.04. The third-order valence-electron chi connectivity index (χ3n) is 2.24. The molecule has 0 saturated carbocycles. The molecule has 1 N–H and O–H groups in total. The minimum atomic E-state index is -0.270. The SMILES string of the molecule is Cc1csc(-c2cc(F)ccc2CO)c1. The number of aliphatic hydroxyl groups excluding tert-OH is 1. The first-order chi connectivity index (χ1) is 7.20. The number of rotatable bonds is 2. The molecule has 3 heteroatoms. The van der Waals surface area contributed by atoms with Gasteiger partial charge in [0.2, 0.25) is 0 Å². The summed E-state index contributed by atoms with van der Waals surface area (Å²) >= 11 is 1.56. The van der Waals surface area contributed by atoms with Crippen LogP contribution in [-0.2, 0) is 6.61 Å². The first kappa shape index (κ1) is 10.3. The van der Waals surface area contributed by atoms with Gasteiger partial charge in [0, 0.05) is 10.4 Å². The maximum Gasteiger partial charge on any atom is 0.123 e. The van der Waals surface area contributed by atoms with Crippen LogP contribution < -0.4 is 0 Å². The normalized spacial score (nSPS) is 10.6. The van der Waals surface area contributed by atoms with Gasteiger partial charge in [-0.05, 0) is 41.6 Å². The highest BCUT2D eigenvalue weighted by Crippen LogP contribution is 2.30. The quantitative estimate of drug-likeness (QED) is 0.826. The van der Waals surface area contributed by atoms with E-state index in [1.165, 1.54) is 12.1 Å². The summed E-state index contributed by atoms with van der Waals surface area (Å²) in [6, 6.07) is 6.46. The molecule has 0 atom stereocenters. The van der Waals surface area contributed by atoms with E-state index in [2.05, 4.69) is 0 Å². The summed E-state index contributed by atoms with van der Waals surface area (Å²) in [5.41, 5.74) is 2.71. The van der Waals surface area contributed by atoms with Crippen LogP contribution in [0, 0.1) is 12.7 Å². The molecule has 0 spiro atoms. The molecule has 1 heterocycles. The predicted molar refractivity (Wildman–Crippen MR) is 60.4 cm³/mol. The molecule has 15 heavy (non-hydrogen) atoms. The van der Waals surface area contributed by atoms with E-state index in [-0.39, 0.29) is 12.4 Å². The van der Waals surface area contributed by atoms with E-state index in [4.69, 9.17) is 5.11 Å². The topological polar surface area (TPSA) is 20.2 Å². The van der Waals surface area contributed by atoms with Crippen molar-refractivity contribution in [2.75, 3.05) is 0 Å². The molecule has 0 fully saturated rings. The molecule has 1 aromatic carbocycles. The number of hydrogen-bond donors (Lipinski definition) is 1. The fourth-order valence-electron chi connectivity index (χ4n) is 1.49. The minimum absolute atomic E-state index is 0.0629. The van der Waals surface area contributed by atoms with Gasteiger partial charge < -0.3 is 5.11 Å². The van der Waals surface area contributed by atoms with Crippen molar-refractivity contribution >= 4 is 11.3 Å². The third kappa shape index (κ3) is 2.08. The maximum atomic E-state index is 13.1. The highest BCUT2D eigenvalue weighted by molar-refractivity contribution is 7.13. The Balaban J connectivity index is 2.55. The molecule has 0 amide bonds. The Morgan fingerprint density at radius 3 is 2.73 bits per heavy atom. The van der Waals surface area contributed by atoms with Gasteiger partial charge in [0.25, 0.3) is 0 Å². The highest BCUT2D eigenvalue weighted by atomic mass is 32.1. The lowest BCUT2D eigenvalue weighted by atomic mass is 10.1. The van der Waals surface area contributed by atoms with Gasteiger partial charge in [-0.3, -0.25) is 0 Å². The monoisotopic (exact) mass is 222 g/mol. The summed E-state index contributed by atoms with van der Waals surface area (Å²) in [6.45, 7) is 1.93. The second-order valence-corrected chi connectivity index (χ2v) is 4.36. The zero-order chi connectivity index (χ0) is 10.8. The number of aliphatic hydroxyl groups is 1. The summed E-state index contributed by atoms with van der Waals surface area (Å²) in [4.78, 5) is 0.996. The number of benzene rings is 1. The molecule has 1 aromatic heterocycles. The number of aryl methyl sites for hydroxylation is 1. The smallest absolute Gasteiger partial charge is 0.123 e. The Hall–Kier alpha value is -1.19. The van der Waals surface area contributed by atoms with Crippen LogP contribution in [-0.4, -0.2) is 5.11 Å². The highest BCUT2D eigenvalue weighted by Gasteiger charge is 2.07. The molecule has 2 aromatic rings. The van der Waals surface area contributed by atoms with Crippen LogP contribution in [0.4, 0.5) is 4.39 Å². The van der Waals surface area contributed by atoms with Crippen LogP contribution in [0.15, 0.2) is 29.6 Å². The van der Waals surface area contributed by atoms with Crippen molar-refractivity contribution in [2.45, 2.75) is 13.5 Å². The molecule has 1 nitrogen and oxygen atoms in total. The first-order valence-corrected chi connectivity index (χ1v) is 5.53. The zero-order valence-corrected chi connectivity index (χ0v) is 9.14. The summed E-state index contributed by atoms with van der Waals surface area (Å²) in [7, 11) is 0. The Morgan fingerprint density at radius 1 is 1.33 bits per heavy atom. The van der Waals surface area contributed by atoms with Crippen molar-refractivity contribution < 1.29 is 9.50 Å². The Labute approximate surface area is 91.8 Å². The molecule has 0 aliphatic heterocycles. The largest absolute Gasteiger partial charge is 0.392 e. The Bertz CT molecular complexity index is 476. The van der Waals surface area contributed by atoms with Gasteiger partial charge in [0.15, 0.2) is 0 Å². The van der Waals surface area contributed by atoms with Crippen LogP contribution >= 0.6 is 11.3 Å². The van der Waals surface area contributed by atoms with Crippen molar-refractivity contribution in [3.63, 3.8) is 0 Å². The lowest BCUT2D eigenvalue weighted by Crippen LogP contribution is -1.89. The van der Waals surface area contributed by atoms with E-state index >= 15 is 0 Å². The van der Waals surface area contributed by atoms with Gasteiger partial charge in [-0.25, -0.2) is 4.39 Å². The van der Waals surface area contributed by atoms with Crippen LogP contribution in [0.25, 0.3) is 10.4 Å². The van der Waals surface area contributed by atoms with Crippen molar-refractivity contribution in [3.05, 3.63) is 46.6 Å². The van der Waals surface area contributed by atoms with Gasteiger partial charge in [0.05, 0.1) is 6.61 Å². The molecule has 0 saturated heterocycles. The summed E-state index contributed by atoms with van der Waals surface area (Å²) in [6.07, 6.45) is 0. The van der Waals surface area contributed by atoms with Crippen molar-refractivity contribution in [3.8, 4) is 10.4 Å². The van der Waals surface area contributed by atoms with E-state index in [1.807, 2.05) is 18.4 Å². The van der Waals surface area contributed by atoms with Crippen LogP contribution in [0.2, 0.25) is 0 Å². The third-order valence-corrected chi connectivity index (χ3v) is 3.32. The number of thiophene rings is 1. The number of halogens is 1. The number of hydrogen-bond acceptors (Lipinski definition) is 2. The van der Waals surface area contributed by atoms with E-state index in [9.17, 15) is 4.39 Å². The van der Waals surface area contributed by atoms with Gasteiger partial charge in [-0.1, -0.05) is 6.07 Å². The molecule has 0 radical (unpaired) electrons. The van der Waals surface area contributed by atoms with Crippen molar-refractivity contribution in [1.29, 1.82) is 0 Å². The van der Waals surface area contributed by atoms with Gasteiger partial charge >= 0.3 is 0 Å². The second kappa shape index (κ2) is 4.13. The van der Waals surface area contributed by atoms with Crippen LogP contribution in [0.5, 0.6) is 0 Å². The molecule has 0 aliphatic rings. The van der Waals surface area contributed by atoms with Crippen LogP contribution in [0.3, 0.4) is 0 Å². The molecule has 0 bridgehead atoms. The molecular formula is C12H11FOS. The average molecular weight is 222 g/mol. The fraction of sp³-hybridized carbons (Fsp3) is 0.167. The van der Waals surface area contributed by atoms with Gasteiger partial charge in [-0.2, -0.15) is 0 Å². The summed E-state index contributed by atoms with van der Waals surface area (Å²) in [5.74, 6) is -0.270. The maximum absolute atomic E-state index is 13.1. The summed E-state index contributed by atoms with van der Waals surface area (Å²) in [5, 5.41) is 11.2. The van der Waals surface area contributed by atoms with Gasteiger partial charge in [0.1, 0.15) is 5.82 Å². The molecule has 78 valence electrons. The van der Waals surface area contributed by atoms with E-state index in [0.29, 0.717) is 0 Å². The zero-order valence-electron chi connectivity index (χ0n) is 8.33. The van der Waals surface area contributed by atoms with Crippen molar-refractivity contribution in [2.24, 2.45) is 0 Å². The lowest BCUT2D eigenvalue weighted by molar-refractivity contribution is 0.282. The standard InChI is InChI=1S/C12H11FOS/c1-8-4-12(15-7-8)11-5-10(13)3-2-9(11)6-14/h2-5,7,14H,6H2,1H3. The van der Waals surface area contributed by atoms with Gasteiger partial charge in [-0.15, -0.1) is 11.3 Å². The van der Waals surface area contributed by atoms with E-state index < -0.39 is 0 Å². The average Bonchev–Trinajstić information content (AvgIpc) is 2.65. The minimum Gasteiger partial charge on any atom is -0.392 e. The second-order valence-electron chi connectivity index (χ2n) is 3.45. The van der Waals surface area contributed by atoms with E-state index in [0.717, 1.165) is 21.6 Å². The summed E-state index contributed by atoms with van der Waals surface area (Å²) < 4.78 is 13.1. The van der Waals surface area contributed by atoms with Crippen LogP contribution in [0.1, 0.15) is 11.1 Å². The Morgan fingerprint density at radius 2 is 2.13 bits per heavy atom. The molecule has 0 aliphatic carbocycles. The molecular weight excluding hydrogens is 211 g/mol. The molecule has 2 rings (SSSR count). The molecule has 0 unspecified atom stereocenters. The fourth-order valence-corrected chi connectivity index (χ4v) is 2.44. The van der Waals surface area contributed by atoms with E-state index in [1.54, 1.807) is 17.4 Å².